The maximum absolute atomic E-state index is 11.6. The van der Waals surface area contributed by atoms with Crippen LogP contribution >= 0.6 is 0 Å². The van der Waals surface area contributed by atoms with Crippen molar-refractivity contribution in [2.75, 3.05) is 0 Å². The van der Waals surface area contributed by atoms with Crippen LogP contribution in [0.25, 0.3) is 0 Å². The Morgan fingerprint density at radius 2 is 1.67 bits per heavy atom. The van der Waals surface area contributed by atoms with E-state index in [0.29, 0.717) is 18.1 Å². The van der Waals surface area contributed by atoms with Gasteiger partial charge in [0.05, 0.1) is 6.10 Å². The molecule has 0 radical (unpaired) electrons. The van der Waals surface area contributed by atoms with E-state index in [0.717, 1.165) is 25.7 Å². The number of aliphatic hydroxyl groups is 1. The van der Waals surface area contributed by atoms with Crippen LogP contribution < -0.4 is 0 Å². The van der Waals surface area contributed by atoms with Crippen LogP contribution in [0.2, 0.25) is 0 Å². The predicted molar refractivity (Wildman–Crippen MR) is 59.5 cm³/mol. The van der Waals surface area contributed by atoms with Gasteiger partial charge in [0.2, 0.25) is 0 Å². The molecule has 1 unspecified atom stereocenters. The third-order valence-corrected chi connectivity index (χ3v) is 4.15. The number of Topliss-reactive ketones (excluding diaryl/α,β-unsaturated/α-hetero) is 1. The molecule has 0 aromatic rings. The van der Waals surface area contributed by atoms with E-state index in [9.17, 15) is 9.90 Å². The Bertz CT molecular complexity index is 217. The lowest BCUT2D eigenvalue weighted by Crippen LogP contribution is -2.31. The second-order valence-electron chi connectivity index (χ2n) is 5.21. The maximum atomic E-state index is 11.6. The van der Waals surface area contributed by atoms with Crippen molar-refractivity contribution in [1.29, 1.82) is 0 Å². The minimum absolute atomic E-state index is 0.0203. The molecule has 2 atom stereocenters. The molecular weight excluding hydrogens is 188 g/mol. The van der Waals surface area contributed by atoms with Crippen LogP contribution in [0.3, 0.4) is 0 Å². The van der Waals surface area contributed by atoms with Crippen molar-refractivity contribution < 1.29 is 9.90 Å². The zero-order chi connectivity index (χ0) is 10.7. The highest BCUT2D eigenvalue weighted by Gasteiger charge is 2.35. The Balaban J connectivity index is 1.92. The molecule has 2 heteroatoms. The number of hydrogen-bond donors (Lipinski definition) is 1. The van der Waals surface area contributed by atoms with Gasteiger partial charge in [0, 0.05) is 12.3 Å². The first-order valence-electron chi connectivity index (χ1n) is 6.50. The van der Waals surface area contributed by atoms with E-state index in [1.807, 2.05) is 0 Å². The standard InChI is InChI=1S/C13H22O2/c14-12-9-5-8-11(12)13(15)10-6-3-1-2-4-7-10/h10-11,13,15H,1-9H2/t11-,13?/m1/s1. The van der Waals surface area contributed by atoms with Crippen molar-refractivity contribution in [3.05, 3.63) is 0 Å². The van der Waals surface area contributed by atoms with E-state index < -0.39 is 0 Å². The van der Waals surface area contributed by atoms with Crippen molar-refractivity contribution in [1.82, 2.24) is 0 Å². The number of ketones is 1. The summed E-state index contributed by atoms with van der Waals surface area (Å²) in [5.41, 5.74) is 0. The van der Waals surface area contributed by atoms with E-state index >= 15 is 0 Å². The molecule has 86 valence electrons. The molecule has 0 bridgehead atoms. The summed E-state index contributed by atoms with van der Waals surface area (Å²) in [5, 5.41) is 10.2. The van der Waals surface area contributed by atoms with Crippen LogP contribution in [0.5, 0.6) is 0 Å². The van der Waals surface area contributed by atoms with Crippen molar-refractivity contribution in [3.8, 4) is 0 Å². The molecule has 2 aliphatic carbocycles. The molecule has 0 amide bonds. The zero-order valence-electron chi connectivity index (χ0n) is 9.45. The number of carbonyl (C=O) groups is 1. The molecule has 2 nitrogen and oxygen atoms in total. The molecule has 2 saturated carbocycles. The van der Waals surface area contributed by atoms with Crippen LogP contribution in [0.1, 0.15) is 57.8 Å². The molecule has 0 aliphatic heterocycles. The fourth-order valence-electron chi connectivity index (χ4n) is 3.18. The van der Waals surface area contributed by atoms with Crippen LogP contribution in [0.4, 0.5) is 0 Å². The van der Waals surface area contributed by atoms with E-state index in [1.54, 1.807) is 0 Å². The van der Waals surface area contributed by atoms with E-state index in [-0.39, 0.29) is 12.0 Å². The second kappa shape index (κ2) is 5.11. The highest BCUT2D eigenvalue weighted by atomic mass is 16.3. The topological polar surface area (TPSA) is 37.3 Å². The minimum atomic E-state index is -0.335. The maximum Gasteiger partial charge on any atom is 0.138 e. The van der Waals surface area contributed by atoms with E-state index in [2.05, 4.69) is 0 Å². The average Bonchev–Trinajstić information content (AvgIpc) is 2.53. The van der Waals surface area contributed by atoms with E-state index in [1.165, 1.54) is 25.7 Å². The van der Waals surface area contributed by atoms with Gasteiger partial charge in [0.1, 0.15) is 5.78 Å². The lowest BCUT2D eigenvalue weighted by Gasteiger charge is -2.25. The summed E-state index contributed by atoms with van der Waals surface area (Å²) in [7, 11) is 0. The van der Waals surface area contributed by atoms with Crippen molar-refractivity contribution >= 4 is 5.78 Å². The van der Waals surface area contributed by atoms with Gasteiger partial charge in [-0.05, 0) is 31.6 Å². The number of carbonyl (C=O) groups excluding carboxylic acids is 1. The molecule has 0 aromatic carbocycles. The van der Waals surface area contributed by atoms with Crippen LogP contribution in [0.15, 0.2) is 0 Å². The summed E-state index contributed by atoms with van der Waals surface area (Å²) in [5.74, 6) is 0.694. The molecule has 0 saturated heterocycles. The summed E-state index contributed by atoms with van der Waals surface area (Å²) in [6, 6.07) is 0. The largest absolute Gasteiger partial charge is 0.392 e. The third-order valence-electron chi connectivity index (χ3n) is 4.15. The smallest absolute Gasteiger partial charge is 0.138 e. The Morgan fingerprint density at radius 3 is 2.20 bits per heavy atom. The molecular formula is C13H22O2. The number of hydrogen-bond acceptors (Lipinski definition) is 2. The fourth-order valence-corrected chi connectivity index (χ4v) is 3.18. The monoisotopic (exact) mass is 210 g/mol. The van der Waals surface area contributed by atoms with Gasteiger partial charge in [-0.1, -0.05) is 25.7 Å². The van der Waals surface area contributed by atoms with Crippen molar-refractivity contribution in [2.24, 2.45) is 11.8 Å². The molecule has 0 heterocycles. The summed E-state index contributed by atoms with van der Waals surface area (Å²) in [6.45, 7) is 0. The van der Waals surface area contributed by atoms with Crippen LogP contribution in [-0.2, 0) is 4.79 Å². The number of rotatable bonds is 2. The van der Waals surface area contributed by atoms with Gasteiger partial charge in [0.25, 0.3) is 0 Å². The summed E-state index contributed by atoms with van der Waals surface area (Å²) in [4.78, 5) is 11.6. The van der Waals surface area contributed by atoms with Crippen LogP contribution in [-0.4, -0.2) is 17.0 Å². The van der Waals surface area contributed by atoms with Gasteiger partial charge in [0.15, 0.2) is 0 Å². The normalized spacial score (nSPS) is 31.5. The van der Waals surface area contributed by atoms with Gasteiger partial charge in [-0.3, -0.25) is 4.79 Å². The Hall–Kier alpha value is -0.370. The SMILES string of the molecule is O=C1CCC[C@H]1C(O)C1CCCCCC1. The van der Waals surface area contributed by atoms with Gasteiger partial charge < -0.3 is 5.11 Å². The summed E-state index contributed by atoms with van der Waals surface area (Å²) in [6.07, 6.45) is 9.64. The summed E-state index contributed by atoms with van der Waals surface area (Å²) < 4.78 is 0. The molecule has 0 aromatic heterocycles. The highest BCUT2D eigenvalue weighted by Crippen LogP contribution is 2.34. The Labute approximate surface area is 92.1 Å². The van der Waals surface area contributed by atoms with E-state index in [4.69, 9.17) is 0 Å². The molecule has 2 fully saturated rings. The van der Waals surface area contributed by atoms with Crippen molar-refractivity contribution in [3.63, 3.8) is 0 Å². The van der Waals surface area contributed by atoms with Crippen molar-refractivity contribution in [2.45, 2.75) is 63.9 Å². The quantitative estimate of drug-likeness (QED) is 0.711. The van der Waals surface area contributed by atoms with Gasteiger partial charge in [-0.2, -0.15) is 0 Å². The highest BCUT2D eigenvalue weighted by molar-refractivity contribution is 5.83. The lowest BCUT2D eigenvalue weighted by molar-refractivity contribution is -0.125. The predicted octanol–water partition coefficient (Wildman–Crippen LogP) is 2.69. The van der Waals surface area contributed by atoms with Gasteiger partial charge >= 0.3 is 0 Å². The first-order chi connectivity index (χ1) is 7.29. The minimum Gasteiger partial charge on any atom is -0.392 e. The molecule has 15 heavy (non-hydrogen) atoms. The zero-order valence-corrected chi connectivity index (χ0v) is 9.45. The lowest BCUT2D eigenvalue weighted by atomic mass is 9.84. The molecule has 2 rings (SSSR count). The Morgan fingerprint density at radius 1 is 1.00 bits per heavy atom. The van der Waals surface area contributed by atoms with Gasteiger partial charge in [-0.15, -0.1) is 0 Å². The first-order valence-corrected chi connectivity index (χ1v) is 6.50. The number of aliphatic hydroxyl groups excluding tert-OH is 1. The summed E-state index contributed by atoms with van der Waals surface area (Å²) >= 11 is 0. The van der Waals surface area contributed by atoms with Crippen LogP contribution in [0, 0.1) is 11.8 Å². The fraction of sp³-hybridized carbons (Fsp3) is 0.923. The average molecular weight is 210 g/mol. The molecule has 2 aliphatic rings. The third kappa shape index (κ3) is 2.60. The first kappa shape index (κ1) is 11.1. The molecule has 0 spiro atoms. The van der Waals surface area contributed by atoms with Gasteiger partial charge in [-0.25, -0.2) is 0 Å². The molecule has 1 N–H and O–H groups in total. The second-order valence-corrected chi connectivity index (χ2v) is 5.21. The Kier molecular flexibility index (Phi) is 3.79.